The second-order valence-corrected chi connectivity index (χ2v) is 6.78. The third-order valence-corrected chi connectivity index (χ3v) is 5.90. The van der Waals surface area contributed by atoms with Gasteiger partial charge in [-0.05, 0) is 54.2 Å². The summed E-state index contributed by atoms with van der Waals surface area (Å²) in [4.78, 5) is 8.78. The van der Waals surface area contributed by atoms with Gasteiger partial charge in [0.05, 0.1) is 3.57 Å². The average Bonchev–Trinajstić information content (AvgIpc) is 2.37. The standard InChI is InChI=1S/C13H17Cl2IN2/c1-2-3-8-4-6-9(7-5-8)13-17-11(14)10(16)12(15)18-13/h8-9H,2-7H2,1H3. The SMILES string of the molecule is CCCC1CCC(c2nc(Cl)c(I)c(Cl)n2)CC1. The van der Waals surface area contributed by atoms with E-state index in [0.29, 0.717) is 16.2 Å². The summed E-state index contributed by atoms with van der Waals surface area (Å²) in [7, 11) is 0. The summed E-state index contributed by atoms with van der Waals surface area (Å²) in [5, 5.41) is 0.975. The maximum Gasteiger partial charge on any atom is 0.147 e. The minimum atomic E-state index is 0.435. The molecule has 1 heterocycles. The second kappa shape index (κ2) is 6.71. The van der Waals surface area contributed by atoms with Crippen molar-refractivity contribution in [3.8, 4) is 0 Å². The lowest BCUT2D eigenvalue weighted by molar-refractivity contribution is 0.302. The molecule has 0 N–H and O–H groups in total. The van der Waals surface area contributed by atoms with Gasteiger partial charge in [-0.25, -0.2) is 9.97 Å². The Kier molecular flexibility index (Phi) is 5.51. The zero-order chi connectivity index (χ0) is 13.1. The number of hydrogen-bond acceptors (Lipinski definition) is 2. The summed E-state index contributed by atoms with van der Waals surface area (Å²) in [6.07, 6.45) is 7.52. The number of hydrogen-bond donors (Lipinski definition) is 0. The van der Waals surface area contributed by atoms with E-state index in [1.165, 1.54) is 25.7 Å². The van der Waals surface area contributed by atoms with Crippen LogP contribution in [0.25, 0.3) is 0 Å². The Morgan fingerprint density at radius 2 is 1.67 bits per heavy atom. The first-order valence-corrected chi connectivity index (χ1v) is 8.33. The first-order valence-electron chi connectivity index (χ1n) is 6.50. The predicted octanol–water partition coefficient (Wildman–Crippen LogP) is 5.46. The molecule has 5 heteroatoms. The topological polar surface area (TPSA) is 25.8 Å². The highest BCUT2D eigenvalue weighted by Crippen LogP contribution is 2.37. The second-order valence-electron chi connectivity index (χ2n) is 4.98. The first kappa shape index (κ1) is 14.8. The van der Waals surface area contributed by atoms with Crippen molar-refractivity contribution in [2.75, 3.05) is 0 Å². The molecule has 0 radical (unpaired) electrons. The van der Waals surface area contributed by atoms with Crippen molar-refractivity contribution in [2.24, 2.45) is 5.92 Å². The maximum atomic E-state index is 6.07. The van der Waals surface area contributed by atoms with Crippen LogP contribution in [0.4, 0.5) is 0 Å². The summed E-state index contributed by atoms with van der Waals surface area (Å²) in [6, 6.07) is 0. The number of rotatable bonds is 3. The summed E-state index contributed by atoms with van der Waals surface area (Å²) in [5.74, 6) is 2.16. The molecule has 0 spiro atoms. The molecule has 0 atom stereocenters. The molecule has 1 aliphatic rings. The van der Waals surface area contributed by atoms with E-state index < -0.39 is 0 Å². The smallest absolute Gasteiger partial charge is 0.147 e. The van der Waals surface area contributed by atoms with Gasteiger partial charge in [-0.3, -0.25) is 0 Å². The molecule has 0 amide bonds. The third kappa shape index (κ3) is 3.48. The van der Waals surface area contributed by atoms with Crippen LogP contribution in [0.15, 0.2) is 0 Å². The fourth-order valence-electron chi connectivity index (χ4n) is 2.71. The van der Waals surface area contributed by atoms with E-state index in [1.54, 1.807) is 0 Å². The van der Waals surface area contributed by atoms with Crippen LogP contribution in [0.2, 0.25) is 10.3 Å². The number of aromatic nitrogens is 2. The van der Waals surface area contributed by atoms with Crippen LogP contribution < -0.4 is 0 Å². The lowest BCUT2D eigenvalue weighted by atomic mass is 9.80. The zero-order valence-corrected chi connectivity index (χ0v) is 14.1. The molecule has 0 unspecified atom stereocenters. The van der Waals surface area contributed by atoms with E-state index in [2.05, 4.69) is 39.5 Å². The monoisotopic (exact) mass is 398 g/mol. The zero-order valence-electron chi connectivity index (χ0n) is 10.4. The highest BCUT2D eigenvalue weighted by atomic mass is 127. The molecule has 1 fully saturated rings. The Morgan fingerprint density at radius 1 is 1.11 bits per heavy atom. The van der Waals surface area contributed by atoms with E-state index in [0.717, 1.165) is 28.2 Å². The van der Waals surface area contributed by atoms with Gasteiger partial charge >= 0.3 is 0 Å². The van der Waals surface area contributed by atoms with Crippen LogP contribution in [-0.2, 0) is 0 Å². The van der Waals surface area contributed by atoms with Gasteiger partial charge < -0.3 is 0 Å². The van der Waals surface area contributed by atoms with E-state index in [4.69, 9.17) is 23.2 Å². The molecule has 0 aromatic carbocycles. The fraction of sp³-hybridized carbons (Fsp3) is 0.692. The van der Waals surface area contributed by atoms with Crippen molar-refractivity contribution >= 4 is 45.8 Å². The molecule has 1 aliphatic carbocycles. The average molecular weight is 399 g/mol. The third-order valence-electron chi connectivity index (χ3n) is 3.70. The van der Waals surface area contributed by atoms with E-state index in [1.807, 2.05) is 0 Å². The molecule has 18 heavy (non-hydrogen) atoms. The minimum absolute atomic E-state index is 0.435. The highest BCUT2D eigenvalue weighted by Gasteiger charge is 2.25. The molecular weight excluding hydrogens is 382 g/mol. The van der Waals surface area contributed by atoms with Crippen LogP contribution in [0, 0.1) is 9.49 Å². The van der Waals surface area contributed by atoms with Crippen LogP contribution in [0.5, 0.6) is 0 Å². The van der Waals surface area contributed by atoms with Crippen molar-refractivity contribution in [3.63, 3.8) is 0 Å². The molecule has 0 aliphatic heterocycles. The van der Waals surface area contributed by atoms with Crippen molar-refractivity contribution in [3.05, 3.63) is 19.7 Å². The van der Waals surface area contributed by atoms with Crippen LogP contribution in [0.3, 0.4) is 0 Å². The maximum absolute atomic E-state index is 6.07. The van der Waals surface area contributed by atoms with Crippen molar-refractivity contribution < 1.29 is 0 Å². The van der Waals surface area contributed by atoms with Crippen molar-refractivity contribution in [1.29, 1.82) is 0 Å². The molecule has 1 saturated carbocycles. The summed E-state index contributed by atoms with van der Waals surface area (Å²) >= 11 is 14.2. The molecule has 100 valence electrons. The highest BCUT2D eigenvalue weighted by molar-refractivity contribution is 14.1. The van der Waals surface area contributed by atoms with Crippen molar-refractivity contribution in [1.82, 2.24) is 9.97 Å². The minimum Gasteiger partial charge on any atom is -0.220 e. The summed E-state index contributed by atoms with van der Waals surface area (Å²) < 4.78 is 0.749. The largest absolute Gasteiger partial charge is 0.220 e. The van der Waals surface area contributed by atoms with Gasteiger partial charge in [0.1, 0.15) is 16.1 Å². The van der Waals surface area contributed by atoms with Gasteiger partial charge in [-0.1, -0.05) is 43.0 Å². The van der Waals surface area contributed by atoms with Gasteiger partial charge in [0, 0.05) is 5.92 Å². The normalized spacial score (nSPS) is 24.2. The number of halogens is 3. The number of nitrogens with zero attached hydrogens (tertiary/aromatic N) is 2. The molecule has 0 saturated heterocycles. The Balaban J connectivity index is 2.05. The van der Waals surface area contributed by atoms with E-state index >= 15 is 0 Å². The molecular formula is C13H17Cl2IN2. The van der Waals surface area contributed by atoms with Crippen LogP contribution in [-0.4, -0.2) is 9.97 Å². The Labute approximate surface area is 132 Å². The molecule has 1 aromatic heterocycles. The van der Waals surface area contributed by atoms with Crippen LogP contribution >= 0.6 is 45.8 Å². The molecule has 0 bridgehead atoms. The molecule has 2 nitrogen and oxygen atoms in total. The van der Waals surface area contributed by atoms with Crippen molar-refractivity contribution in [2.45, 2.75) is 51.4 Å². The lowest BCUT2D eigenvalue weighted by Crippen LogP contribution is -2.15. The van der Waals surface area contributed by atoms with E-state index in [9.17, 15) is 0 Å². The fourth-order valence-corrected chi connectivity index (χ4v) is 3.35. The lowest BCUT2D eigenvalue weighted by Gasteiger charge is -2.27. The van der Waals surface area contributed by atoms with Gasteiger partial charge in [0.15, 0.2) is 0 Å². The predicted molar refractivity (Wildman–Crippen MR) is 84.4 cm³/mol. The quantitative estimate of drug-likeness (QED) is 0.498. The van der Waals surface area contributed by atoms with Crippen LogP contribution in [0.1, 0.15) is 57.2 Å². The van der Waals surface area contributed by atoms with Gasteiger partial charge in [-0.2, -0.15) is 0 Å². The Hall–Kier alpha value is 0.390. The van der Waals surface area contributed by atoms with E-state index in [-0.39, 0.29) is 0 Å². The summed E-state index contributed by atoms with van der Waals surface area (Å²) in [5.41, 5.74) is 0. The molecule has 2 rings (SSSR count). The van der Waals surface area contributed by atoms with Gasteiger partial charge in [-0.15, -0.1) is 0 Å². The Bertz CT molecular complexity index is 394. The van der Waals surface area contributed by atoms with Gasteiger partial charge in [0.2, 0.25) is 0 Å². The molecule has 1 aromatic rings. The van der Waals surface area contributed by atoms with Gasteiger partial charge in [0.25, 0.3) is 0 Å². The Morgan fingerprint density at radius 3 is 2.17 bits per heavy atom. The first-order chi connectivity index (χ1) is 8.61. The summed E-state index contributed by atoms with van der Waals surface area (Å²) in [6.45, 7) is 2.26.